The first-order chi connectivity index (χ1) is 8.52. The molecule has 0 spiro atoms. The van der Waals surface area contributed by atoms with Crippen LogP contribution in [0.2, 0.25) is 0 Å². The minimum absolute atomic E-state index is 0.400. The van der Waals surface area contributed by atoms with Crippen LogP contribution < -0.4 is 5.32 Å². The van der Waals surface area contributed by atoms with E-state index in [-0.39, 0.29) is 0 Å². The third-order valence-corrected chi connectivity index (χ3v) is 3.54. The van der Waals surface area contributed by atoms with Crippen LogP contribution >= 0.6 is 0 Å². The first kappa shape index (κ1) is 12.8. The molecule has 2 atom stereocenters. The standard InChI is InChI=1S/C13H19N3O2/c1-9-4-3-5-13(6-9,11(17)18)16-12-14-7-10(2)8-15-12/h7-9H,3-6H2,1-2H3,(H,17,18)(H,14,15,16). The Hall–Kier alpha value is -1.65. The number of carboxylic acid groups (broad SMARTS) is 1. The van der Waals surface area contributed by atoms with Gasteiger partial charge in [0.1, 0.15) is 5.54 Å². The molecule has 0 amide bonds. The lowest BCUT2D eigenvalue weighted by molar-refractivity contribution is -0.144. The van der Waals surface area contributed by atoms with Gasteiger partial charge in [0.15, 0.2) is 0 Å². The lowest BCUT2D eigenvalue weighted by Crippen LogP contribution is -2.50. The number of aliphatic carboxylic acids is 1. The Bertz CT molecular complexity index is 432. The molecule has 98 valence electrons. The van der Waals surface area contributed by atoms with Crippen molar-refractivity contribution in [2.24, 2.45) is 5.92 Å². The van der Waals surface area contributed by atoms with Crippen LogP contribution in [0.5, 0.6) is 0 Å². The minimum atomic E-state index is -0.910. The molecule has 2 N–H and O–H groups in total. The molecule has 1 aromatic rings. The van der Waals surface area contributed by atoms with Crippen LogP contribution in [0.1, 0.15) is 38.2 Å². The number of hydrogen-bond donors (Lipinski definition) is 2. The second kappa shape index (κ2) is 4.92. The number of anilines is 1. The highest BCUT2D eigenvalue weighted by Crippen LogP contribution is 2.34. The van der Waals surface area contributed by atoms with E-state index in [1.165, 1.54) is 0 Å². The molecule has 0 saturated heterocycles. The normalized spacial score (nSPS) is 27.8. The van der Waals surface area contributed by atoms with E-state index in [9.17, 15) is 9.90 Å². The summed E-state index contributed by atoms with van der Waals surface area (Å²) >= 11 is 0. The van der Waals surface area contributed by atoms with Crippen molar-refractivity contribution < 1.29 is 9.90 Å². The molecule has 5 heteroatoms. The summed E-state index contributed by atoms with van der Waals surface area (Å²) in [5.41, 5.74) is 0.0503. The monoisotopic (exact) mass is 249 g/mol. The van der Waals surface area contributed by atoms with Crippen LogP contribution in [0.25, 0.3) is 0 Å². The number of carbonyl (C=O) groups is 1. The smallest absolute Gasteiger partial charge is 0.329 e. The van der Waals surface area contributed by atoms with E-state index >= 15 is 0 Å². The summed E-state index contributed by atoms with van der Waals surface area (Å²) < 4.78 is 0. The fraction of sp³-hybridized carbons (Fsp3) is 0.615. The maximum Gasteiger partial charge on any atom is 0.329 e. The first-order valence-corrected chi connectivity index (χ1v) is 6.32. The van der Waals surface area contributed by atoms with Crippen molar-refractivity contribution in [2.45, 2.75) is 45.1 Å². The van der Waals surface area contributed by atoms with Crippen molar-refractivity contribution in [3.63, 3.8) is 0 Å². The van der Waals surface area contributed by atoms with Crippen LogP contribution in [-0.2, 0) is 4.79 Å². The van der Waals surface area contributed by atoms with Gasteiger partial charge in [-0.15, -0.1) is 0 Å². The number of aromatic nitrogens is 2. The molecule has 1 aliphatic carbocycles. The molecule has 2 rings (SSSR count). The molecule has 18 heavy (non-hydrogen) atoms. The Labute approximate surface area is 107 Å². The SMILES string of the molecule is Cc1cnc(NC2(C(=O)O)CCCC(C)C2)nc1. The Morgan fingerprint density at radius 2 is 2.17 bits per heavy atom. The molecule has 2 unspecified atom stereocenters. The van der Waals surface area contributed by atoms with Gasteiger partial charge in [0, 0.05) is 12.4 Å². The second-order valence-corrected chi connectivity index (χ2v) is 5.30. The highest BCUT2D eigenvalue weighted by Gasteiger charge is 2.42. The van der Waals surface area contributed by atoms with E-state index in [0.29, 0.717) is 24.7 Å². The summed E-state index contributed by atoms with van der Waals surface area (Å²) in [5, 5.41) is 12.5. The predicted molar refractivity (Wildman–Crippen MR) is 68.4 cm³/mol. The molecule has 0 radical (unpaired) electrons. The van der Waals surface area contributed by atoms with Gasteiger partial charge in [-0.1, -0.05) is 19.8 Å². The van der Waals surface area contributed by atoms with Gasteiger partial charge >= 0.3 is 5.97 Å². The number of nitrogens with zero attached hydrogens (tertiary/aromatic N) is 2. The number of hydrogen-bond acceptors (Lipinski definition) is 4. The first-order valence-electron chi connectivity index (χ1n) is 6.32. The quantitative estimate of drug-likeness (QED) is 0.859. The Kier molecular flexibility index (Phi) is 3.50. The molecule has 1 aliphatic rings. The van der Waals surface area contributed by atoms with Gasteiger partial charge in [-0.25, -0.2) is 14.8 Å². The van der Waals surface area contributed by atoms with Gasteiger partial charge in [0.05, 0.1) is 0 Å². The molecule has 1 fully saturated rings. The molecule has 0 bridgehead atoms. The molecule has 1 aromatic heterocycles. The molecular formula is C13H19N3O2. The Morgan fingerprint density at radius 1 is 1.50 bits per heavy atom. The Morgan fingerprint density at radius 3 is 2.72 bits per heavy atom. The van der Waals surface area contributed by atoms with Crippen molar-refractivity contribution >= 4 is 11.9 Å². The third kappa shape index (κ3) is 2.60. The van der Waals surface area contributed by atoms with Crippen molar-refractivity contribution in [3.8, 4) is 0 Å². The summed E-state index contributed by atoms with van der Waals surface area (Å²) in [7, 11) is 0. The topological polar surface area (TPSA) is 75.1 Å². The largest absolute Gasteiger partial charge is 0.480 e. The number of nitrogens with one attached hydrogen (secondary N) is 1. The van der Waals surface area contributed by atoms with Crippen molar-refractivity contribution in [2.75, 3.05) is 5.32 Å². The van der Waals surface area contributed by atoms with E-state index in [1.807, 2.05) is 6.92 Å². The number of rotatable bonds is 3. The van der Waals surface area contributed by atoms with Crippen molar-refractivity contribution in [1.29, 1.82) is 0 Å². The average Bonchev–Trinajstić information content (AvgIpc) is 2.32. The van der Waals surface area contributed by atoms with Crippen LogP contribution in [0, 0.1) is 12.8 Å². The molecule has 0 aliphatic heterocycles. The zero-order valence-electron chi connectivity index (χ0n) is 10.8. The minimum Gasteiger partial charge on any atom is -0.480 e. The Balaban J connectivity index is 2.20. The molecule has 1 heterocycles. The average molecular weight is 249 g/mol. The van der Waals surface area contributed by atoms with E-state index < -0.39 is 11.5 Å². The molecule has 5 nitrogen and oxygen atoms in total. The maximum atomic E-state index is 11.6. The summed E-state index contributed by atoms with van der Waals surface area (Å²) in [5.74, 6) is 0.00289. The fourth-order valence-electron chi connectivity index (χ4n) is 2.58. The van der Waals surface area contributed by atoms with Gasteiger partial charge in [0.25, 0.3) is 0 Å². The summed E-state index contributed by atoms with van der Waals surface area (Å²) in [6.45, 7) is 3.99. The van der Waals surface area contributed by atoms with E-state index in [2.05, 4.69) is 22.2 Å². The highest BCUT2D eigenvalue weighted by atomic mass is 16.4. The van der Waals surface area contributed by atoms with Crippen LogP contribution in [0.3, 0.4) is 0 Å². The lowest BCUT2D eigenvalue weighted by Gasteiger charge is -2.37. The molecule has 1 saturated carbocycles. The summed E-state index contributed by atoms with van der Waals surface area (Å²) in [4.78, 5) is 19.9. The lowest BCUT2D eigenvalue weighted by atomic mass is 9.76. The van der Waals surface area contributed by atoms with Crippen LogP contribution in [0.15, 0.2) is 12.4 Å². The third-order valence-electron chi connectivity index (χ3n) is 3.54. The molecular weight excluding hydrogens is 230 g/mol. The van der Waals surface area contributed by atoms with E-state index in [1.54, 1.807) is 12.4 Å². The van der Waals surface area contributed by atoms with E-state index in [0.717, 1.165) is 18.4 Å². The van der Waals surface area contributed by atoms with Crippen molar-refractivity contribution in [1.82, 2.24) is 9.97 Å². The van der Waals surface area contributed by atoms with Crippen molar-refractivity contribution in [3.05, 3.63) is 18.0 Å². The van der Waals surface area contributed by atoms with Crippen LogP contribution in [-0.4, -0.2) is 26.6 Å². The second-order valence-electron chi connectivity index (χ2n) is 5.30. The zero-order chi connectivity index (χ0) is 13.2. The summed E-state index contributed by atoms with van der Waals surface area (Å²) in [6.07, 6.45) is 6.65. The van der Waals surface area contributed by atoms with Gasteiger partial charge in [-0.2, -0.15) is 0 Å². The zero-order valence-corrected chi connectivity index (χ0v) is 10.8. The van der Waals surface area contributed by atoms with Crippen LogP contribution in [0.4, 0.5) is 5.95 Å². The van der Waals surface area contributed by atoms with Gasteiger partial charge in [-0.05, 0) is 31.2 Å². The number of carboxylic acids is 1. The fourth-order valence-corrected chi connectivity index (χ4v) is 2.58. The summed E-state index contributed by atoms with van der Waals surface area (Å²) in [6, 6.07) is 0. The molecule has 0 aromatic carbocycles. The van der Waals surface area contributed by atoms with Gasteiger partial charge in [0.2, 0.25) is 5.95 Å². The van der Waals surface area contributed by atoms with Gasteiger partial charge in [-0.3, -0.25) is 0 Å². The number of aryl methyl sites for hydroxylation is 1. The highest BCUT2D eigenvalue weighted by molar-refractivity contribution is 5.82. The maximum absolute atomic E-state index is 11.6. The van der Waals surface area contributed by atoms with Gasteiger partial charge < -0.3 is 10.4 Å². The predicted octanol–water partition coefficient (Wildman–Crippen LogP) is 2.23. The van der Waals surface area contributed by atoms with E-state index in [4.69, 9.17) is 0 Å².